The van der Waals surface area contributed by atoms with E-state index in [1.165, 1.54) is 28.1 Å². The fraction of sp³-hybridized carbons (Fsp3) is 0.333. The van der Waals surface area contributed by atoms with E-state index in [-0.39, 0.29) is 0 Å². The van der Waals surface area contributed by atoms with Crippen molar-refractivity contribution in [2.75, 3.05) is 13.7 Å². The Bertz CT molecular complexity index is 896. The monoisotopic (exact) mass is 360 g/mol. The molecule has 0 saturated heterocycles. The molecule has 2 heterocycles. The van der Waals surface area contributed by atoms with Gasteiger partial charge in [0, 0.05) is 43.5 Å². The van der Waals surface area contributed by atoms with Crippen LogP contribution in [0.15, 0.2) is 60.7 Å². The van der Waals surface area contributed by atoms with Crippen molar-refractivity contribution in [2.45, 2.75) is 39.4 Å². The topological polar surface area (TPSA) is 17.4 Å². The highest BCUT2D eigenvalue weighted by atomic mass is 16.5. The number of ether oxygens (including phenoxy) is 1. The van der Waals surface area contributed by atoms with E-state index in [4.69, 9.17) is 4.74 Å². The molecule has 1 unspecified atom stereocenters. The van der Waals surface area contributed by atoms with Crippen LogP contribution in [0, 0.1) is 6.92 Å². The van der Waals surface area contributed by atoms with Gasteiger partial charge in [0.1, 0.15) is 5.75 Å². The molecular weight excluding hydrogens is 332 g/mol. The first-order chi connectivity index (χ1) is 13.1. The van der Waals surface area contributed by atoms with E-state index in [0.717, 1.165) is 31.9 Å². The van der Waals surface area contributed by atoms with Crippen LogP contribution < -0.4 is 4.74 Å². The van der Waals surface area contributed by atoms with Crippen molar-refractivity contribution in [3.05, 3.63) is 88.7 Å². The zero-order valence-corrected chi connectivity index (χ0v) is 16.5. The zero-order chi connectivity index (χ0) is 18.8. The van der Waals surface area contributed by atoms with Crippen LogP contribution in [0.1, 0.15) is 40.9 Å². The second-order valence-electron chi connectivity index (χ2n) is 7.69. The molecule has 0 bridgehead atoms. The van der Waals surface area contributed by atoms with Gasteiger partial charge in [-0.3, -0.25) is 4.90 Å². The summed E-state index contributed by atoms with van der Waals surface area (Å²) in [5, 5.41) is 0. The summed E-state index contributed by atoms with van der Waals surface area (Å²) in [4.78, 5) is 2.56. The fourth-order valence-electron chi connectivity index (χ4n) is 4.34. The second kappa shape index (κ2) is 7.61. The van der Waals surface area contributed by atoms with Crippen LogP contribution in [-0.2, 0) is 19.6 Å². The molecule has 3 heteroatoms. The van der Waals surface area contributed by atoms with Crippen LogP contribution in [0.3, 0.4) is 0 Å². The first-order valence-corrected chi connectivity index (χ1v) is 9.72. The molecule has 0 aliphatic carbocycles. The maximum Gasteiger partial charge on any atom is 0.118 e. The summed E-state index contributed by atoms with van der Waals surface area (Å²) < 4.78 is 7.79. The molecule has 1 aliphatic rings. The summed E-state index contributed by atoms with van der Waals surface area (Å²) in [6, 6.07) is 21.6. The van der Waals surface area contributed by atoms with Gasteiger partial charge in [-0.1, -0.05) is 49.4 Å². The molecule has 3 nitrogen and oxygen atoms in total. The molecule has 1 aliphatic heterocycles. The third-order valence-corrected chi connectivity index (χ3v) is 5.57. The molecule has 4 rings (SSSR count). The van der Waals surface area contributed by atoms with Crippen molar-refractivity contribution in [2.24, 2.45) is 0 Å². The van der Waals surface area contributed by atoms with Crippen LogP contribution in [0.25, 0.3) is 0 Å². The number of hydrogen-bond donors (Lipinski definition) is 0. The van der Waals surface area contributed by atoms with Gasteiger partial charge in [0.25, 0.3) is 0 Å². The van der Waals surface area contributed by atoms with Crippen molar-refractivity contribution >= 4 is 0 Å². The number of nitrogens with zero attached hydrogens (tertiary/aromatic N) is 2. The van der Waals surface area contributed by atoms with Crippen molar-refractivity contribution in [1.82, 2.24) is 9.47 Å². The summed E-state index contributed by atoms with van der Waals surface area (Å²) in [5.74, 6) is 1.45. The van der Waals surface area contributed by atoms with Gasteiger partial charge in [0.05, 0.1) is 7.11 Å². The van der Waals surface area contributed by atoms with E-state index >= 15 is 0 Å². The van der Waals surface area contributed by atoms with E-state index in [2.05, 4.69) is 84.0 Å². The zero-order valence-electron chi connectivity index (χ0n) is 16.5. The Morgan fingerprint density at radius 2 is 1.67 bits per heavy atom. The lowest BCUT2D eigenvalue weighted by Crippen LogP contribution is -2.33. The van der Waals surface area contributed by atoms with Gasteiger partial charge in [-0.25, -0.2) is 0 Å². The highest BCUT2D eigenvalue weighted by molar-refractivity contribution is 5.34. The number of aromatic nitrogens is 1. The van der Waals surface area contributed by atoms with Gasteiger partial charge in [0.2, 0.25) is 0 Å². The Kier molecular flexibility index (Phi) is 5.04. The Hall–Kier alpha value is -2.52. The van der Waals surface area contributed by atoms with Crippen molar-refractivity contribution in [3.63, 3.8) is 0 Å². The third kappa shape index (κ3) is 3.79. The minimum absolute atomic E-state index is 0.532. The molecule has 0 amide bonds. The highest BCUT2D eigenvalue weighted by Crippen LogP contribution is 2.32. The standard InChI is InChI=1S/C24H28N2O/c1-18-14-25(15-21-9-11-23(27-3)12-10-21)17-22-13-19(2)26(24(18)22)16-20-7-5-4-6-8-20/h4-13,18H,14-17H2,1-3H3. The average Bonchev–Trinajstić information content (AvgIpc) is 2.99. The number of aryl methyl sites for hydroxylation is 1. The normalized spacial score (nSPS) is 16.9. The molecule has 0 saturated carbocycles. The van der Waals surface area contributed by atoms with Gasteiger partial charge in [0.15, 0.2) is 0 Å². The van der Waals surface area contributed by atoms with Crippen LogP contribution in [0.4, 0.5) is 0 Å². The summed E-state index contributed by atoms with van der Waals surface area (Å²) in [7, 11) is 1.71. The van der Waals surface area contributed by atoms with Crippen molar-refractivity contribution in [1.29, 1.82) is 0 Å². The predicted molar refractivity (Wildman–Crippen MR) is 110 cm³/mol. The molecule has 1 aromatic heterocycles. The van der Waals surface area contributed by atoms with E-state index in [1.54, 1.807) is 7.11 Å². The lowest BCUT2D eigenvalue weighted by Gasteiger charge is -2.32. The van der Waals surface area contributed by atoms with Crippen LogP contribution in [0.5, 0.6) is 5.75 Å². The molecule has 3 aromatic rings. The molecule has 1 atom stereocenters. The predicted octanol–water partition coefficient (Wildman–Crippen LogP) is 4.97. The van der Waals surface area contributed by atoms with Gasteiger partial charge < -0.3 is 9.30 Å². The summed E-state index contributed by atoms with van der Waals surface area (Å²) in [6.07, 6.45) is 0. The van der Waals surface area contributed by atoms with Crippen molar-refractivity contribution in [3.8, 4) is 5.75 Å². The first-order valence-electron chi connectivity index (χ1n) is 9.72. The summed E-state index contributed by atoms with van der Waals surface area (Å²) >= 11 is 0. The Balaban J connectivity index is 1.53. The number of benzene rings is 2. The first kappa shape index (κ1) is 17.9. The molecule has 2 aromatic carbocycles. The number of methoxy groups -OCH3 is 1. The molecule has 0 N–H and O–H groups in total. The molecule has 0 spiro atoms. The lowest BCUT2D eigenvalue weighted by molar-refractivity contribution is 0.223. The minimum Gasteiger partial charge on any atom is -0.497 e. The maximum absolute atomic E-state index is 5.27. The number of rotatable bonds is 5. The number of hydrogen-bond acceptors (Lipinski definition) is 2. The quantitative estimate of drug-likeness (QED) is 0.639. The van der Waals surface area contributed by atoms with Crippen LogP contribution in [0.2, 0.25) is 0 Å². The number of fused-ring (bicyclic) bond motifs is 1. The van der Waals surface area contributed by atoms with E-state index in [0.29, 0.717) is 5.92 Å². The van der Waals surface area contributed by atoms with Gasteiger partial charge in [-0.05, 0) is 41.8 Å². The summed E-state index contributed by atoms with van der Waals surface area (Å²) in [5.41, 5.74) is 7.07. The molecule has 0 radical (unpaired) electrons. The molecule has 0 fully saturated rings. The Morgan fingerprint density at radius 1 is 0.963 bits per heavy atom. The Morgan fingerprint density at radius 3 is 2.37 bits per heavy atom. The highest BCUT2D eigenvalue weighted by Gasteiger charge is 2.26. The SMILES string of the molecule is COc1ccc(CN2Cc3cc(C)n(Cc4ccccc4)c3C(C)C2)cc1. The smallest absolute Gasteiger partial charge is 0.118 e. The van der Waals surface area contributed by atoms with Gasteiger partial charge in [-0.15, -0.1) is 0 Å². The van der Waals surface area contributed by atoms with Crippen molar-refractivity contribution < 1.29 is 4.74 Å². The average molecular weight is 361 g/mol. The largest absolute Gasteiger partial charge is 0.497 e. The molecule has 140 valence electrons. The van der Waals surface area contributed by atoms with Crippen LogP contribution >= 0.6 is 0 Å². The summed E-state index contributed by atoms with van der Waals surface area (Å²) in [6.45, 7) is 8.66. The molecule has 27 heavy (non-hydrogen) atoms. The van der Waals surface area contributed by atoms with Gasteiger partial charge in [-0.2, -0.15) is 0 Å². The van der Waals surface area contributed by atoms with Gasteiger partial charge >= 0.3 is 0 Å². The fourth-order valence-corrected chi connectivity index (χ4v) is 4.34. The lowest BCUT2D eigenvalue weighted by atomic mass is 9.97. The van der Waals surface area contributed by atoms with E-state index in [9.17, 15) is 0 Å². The van der Waals surface area contributed by atoms with Crippen LogP contribution in [-0.4, -0.2) is 23.1 Å². The van der Waals surface area contributed by atoms with E-state index in [1.807, 2.05) is 0 Å². The third-order valence-electron chi connectivity index (χ3n) is 5.57. The van der Waals surface area contributed by atoms with E-state index < -0.39 is 0 Å². The molecular formula is C24H28N2O. The Labute approximate surface area is 162 Å². The minimum atomic E-state index is 0.532. The second-order valence-corrected chi connectivity index (χ2v) is 7.69. The maximum atomic E-state index is 5.27.